The number of esters is 1. The number of hydrogen-bond acceptors (Lipinski definition) is 12. The van der Waals surface area contributed by atoms with Gasteiger partial charge in [-0.25, -0.2) is 4.79 Å². The van der Waals surface area contributed by atoms with Gasteiger partial charge in [-0.05, 0) is 48.7 Å². The topological polar surface area (TPSA) is 236 Å². The summed E-state index contributed by atoms with van der Waals surface area (Å²) in [7, 11) is 0. The van der Waals surface area contributed by atoms with Crippen LogP contribution in [0.4, 0.5) is 0 Å². The molecule has 0 unspecified atom stereocenters. The smallest absolute Gasteiger partial charge is 0.340 e. The summed E-state index contributed by atoms with van der Waals surface area (Å²) in [5, 5.41) is 75.6. The molecule has 0 aliphatic heterocycles. The SMILES string of the molecule is CC(=O)O[C@H]1c2cc(C)cc(O)c2C(=O)[C@@]2(O)C(=O)[C@H]3C=C[C@@]12Cc1cc(O)c(C(=O)c2c(O)ccc(O)c2C(=O)O)c(O)c13. The van der Waals surface area contributed by atoms with Crippen molar-refractivity contribution in [3.63, 3.8) is 0 Å². The zero-order valence-electron chi connectivity index (χ0n) is 23.5. The molecule has 1 spiro atoms. The van der Waals surface area contributed by atoms with E-state index in [0.29, 0.717) is 5.56 Å². The largest absolute Gasteiger partial charge is 0.507 e. The van der Waals surface area contributed by atoms with Gasteiger partial charge in [0.05, 0.1) is 22.5 Å². The number of hydrogen-bond donors (Lipinski definition) is 7. The van der Waals surface area contributed by atoms with E-state index in [2.05, 4.69) is 0 Å². The molecule has 13 heteroatoms. The fraction of sp³-hybridized carbons (Fsp3) is 0.219. The number of aliphatic hydroxyl groups is 1. The Morgan fingerprint density at radius 3 is 2.16 bits per heavy atom. The summed E-state index contributed by atoms with van der Waals surface area (Å²) in [6.07, 6.45) is 0.502. The van der Waals surface area contributed by atoms with Gasteiger partial charge < -0.3 is 40.5 Å². The number of carboxylic acids is 1. The number of rotatable bonds is 4. The molecule has 13 nitrogen and oxygen atoms in total. The Hall–Kier alpha value is -5.69. The number of carbonyl (C=O) groups is 5. The quantitative estimate of drug-likeness (QED) is 0.0734. The number of allylic oxidation sites excluding steroid dienone is 1. The summed E-state index contributed by atoms with van der Waals surface area (Å²) < 4.78 is 5.64. The molecule has 7 N–H and O–H groups in total. The Bertz CT molecular complexity index is 1970. The van der Waals surface area contributed by atoms with E-state index >= 15 is 0 Å². The van der Waals surface area contributed by atoms with Gasteiger partial charge in [0, 0.05) is 18.1 Å². The molecule has 0 saturated heterocycles. The molecule has 0 saturated carbocycles. The van der Waals surface area contributed by atoms with Gasteiger partial charge in [-0.3, -0.25) is 19.2 Å². The molecular weight excluding hydrogens is 592 g/mol. The maximum atomic E-state index is 14.2. The zero-order valence-corrected chi connectivity index (χ0v) is 23.5. The second kappa shape index (κ2) is 9.40. The number of ketones is 3. The molecule has 3 aromatic carbocycles. The maximum Gasteiger partial charge on any atom is 0.340 e. The highest BCUT2D eigenvalue weighted by atomic mass is 16.5. The van der Waals surface area contributed by atoms with Crippen LogP contribution >= 0.6 is 0 Å². The summed E-state index contributed by atoms with van der Waals surface area (Å²) >= 11 is 0. The molecule has 4 aliphatic carbocycles. The van der Waals surface area contributed by atoms with Crippen molar-refractivity contribution in [3.05, 3.63) is 87.0 Å². The van der Waals surface area contributed by atoms with Crippen LogP contribution in [0, 0.1) is 12.3 Å². The van der Waals surface area contributed by atoms with Crippen LogP contribution in [-0.4, -0.2) is 70.6 Å². The number of phenols is 5. The minimum atomic E-state index is -2.97. The maximum absolute atomic E-state index is 14.2. The van der Waals surface area contributed by atoms with E-state index in [9.17, 15) is 59.7 Å². The first kappa shape index (κ1) is 29.4. The van der Waals surface area contributed by atoms with Crippen molar-refractivity contribution in [3.8, 4) is 28.7 Å². The van der Waals surface area contributed by atoms with Crippen LogP contribution in [0.2, 0.25) is 0 Å². The number of aromatic hydroxyl groups is 5. The highest BCUT2D eigenvalue weighted by Crippen LogP contribution is 2.63. The molecule has 0 heterocycles. The Kier molecular flexibility index (Phi) is 6.14. The Morgan fingerprint density at radius 2 is 1.53 bits per heavy atom. The standard InChI is InChI=1S/C32H24O13/c1-11-7-15-21(18(36)8-11)28(41)32(44)27(40)14-5-6-31(32,29(15)45-12(2)33)10-13-9-19(37)24(25(38)20(13)14)26(39)22-16(34)3-4-17(35)23(22)30(42)43/h3-9,14,29,34-38,44H,10H2,1-2H3,(H,42,43)/t14-,29-,31+,32-/m0/s1. The molecule has 7 rings (SSSR count). The Balaban J connectivity index is 1.63. The molecule has 2 bridgehead atoms. The highest BCUT2D eigenvalue weighted by Gasteiger charge is 2.71. The number of carbonyl (C=O) groups excluding carboxylic acids is 4. The monoisotopic (exact) mass is 616 g/mol. The molecule has 0 amide bonds. The number of aromatic carboxylic acids is 1. The third kappa shape index (κ3) is 3.67. The summed E-state index contributed by atoms with van der Waals surface area (Å²) in [6, 6.07) is 5.32. The molecule has 45 heavy (non-hydrogen) atoms. The fourth-order valence-corrected chi connectivity index (χ4v) is 6.99. The average molecular weight is 617 g/mol. The summed E-state index contributed by atoms with van der Waals surface area (Å²) in [5.74, 6) is -12.4. The van der Waals surface area contributed by atoms with Gasteiger partial charge in [0.2, 0.25) is 11.6 Å². The average Bonchev–Trinajstić information content (AvgIpc) is 3.16. The van der Waals surface area contributed by atoms with Gasteiger partial charge >= 0.3 is 11.9 Å². The lowest BCUT2D eigenvalue weighted by Crippen LogP contribution is -2.66. The van der Waals surface area contributed by atoms with E-state index < -0.39 is 110 Å². The molecule has 0 fully saturated rings. The number of Topliss-reactive ketones (excluding diaryl/α,β-unsaturated/α-hetero) is 2. The summed E-state index contributed by atoms with van der Waals surface area (Å²) in [4.78, 5) is 66.2. The lowest BCUT2D eigenvalue weighted by atomic mass is 9.53. The first-order valence-electron chi connectivity index (χ1n) is 13.5. The normalized spacial score (nSPS) is 24.3. The van der Waals surface area contributed by atoms with Crippen molar-refractivity contribution in [2.45, 2.75) is 37.9 Å². The predicted molar refractivity (Wildman–Crippen MR) is 150 cm³/mol. The Labute approximate surface area is 252 Å². The van der Waals surface area contributed by atoms with Crippen molar-refractivity contribution in [2.75, 3.05) is 0 Å². The van der Waals surface area contributed by atoms with Gasteiger partial charge in [0.1, 0.15) is 46.0 Å². The van der Waals surface area contributed by atoms with Gasteiger partial charge in [-0.15, -0.1) is 0 Å². The third-order valence-corrected chi connectivity index (χ3v) is 8.81. The first-order chi connectivity index (χ1) is 21.1. The van der Waals surface area contributed by atoms with Gasteiger partial charge in [0.15, 0.2) is 11.4 Å². The second-order valence-electron chi connectivity index (χ2n) is 11.4. The lowest BCUT2D eigenvalue weighted by Gasteiger charge is -2.52. The second-order valence-corrected chi connectivity index (χ2v) is 11.4. The third-order valence-electron chi connectivity index (χ3n) is 8.81. The van der Waals surface area contributed by atoms with Crippen molar-refractivity contribution < 1.29 is 64.5 Å². The molecule has 4 aliphatic rings. The van der Waals surface area contributed by atoms with Gasteiger partial charge in [-0.1, -0.05) is 18.2 Å². The van der Waals surface area contributed by atoms with Gasteiger partial charge in [-0.2, -0.15) is 0 Å². The van der Waals surface area contributed by atoms with Crippen LogP contribution in [0.25, 0.3) is 0 Å². The zero-order chi connectivity index (χ0) is 32.9. The van der Waals surface area contributed by atoms with Crippen LogP contribution in [0.5, 0.6) is 28.7 Å². The number of ether oxygens (including phenoxy) is 1. The molecule has 0 radical (unpaired) electrons. The number of benzene rings is 3. The van der Waals surface area contributed by atoms with Crippen molar-refractivity contribution in [2.24, 2.45) is 5.41 Å². The summed E-state index contributed by atoms with van der Waals surface area (Å²) in [5.41, 5.74) is -8.28. The van der Waals surface area contributed by atoms with E-state index in [1.54, 1.807) is 6.92 Å². The van der Waals surface area contributed by atoms with E-state index in [0.717, 1.165) is 25.1 Å². The molecule has 3 aromatic rings. The van der Waals surface area contributed by atoms with Crippen LogP contribution in [0.15, 0.2) is 42.5 Å². The predicted octanol–water partition coefficient (Wildman–Crippen LogP) is 2.45. The number of aryl methyl sites for hydroxylation is 1. The Morgan fingerprint density at radius 1 is 0.889 bits per heavy atom. The summed E-state index contributed by atoms with van der Waals surface area (Å²) in [6.45, 7) is 2.67. The van der Waals surface area contributed by atoms with Crippen LogP contribution in [0.1, 0.15) is 77.8 Å². The minimum Gasteiger partial charge on any atom is -0.507 e. The number of fused-ring (bicyclic) bond motifs is 1. The molecular formula is C32H24O13. The van der Waals surface area contributed by atoms with Crippen LogP contribution < -0.4 is 0 Å². The van der Waals surface area contributed by atoms with Gasteiger partial charge in [0.25, 0.3) is 0 Å². The van der Waals surface area contributed by atoms with Crippen LogP contribution in [-0.2, 0) is 20.7 Å². The van der Waals surface area contributed by atoms with Crippen molar-refractivity contribution in [1.82, 2.24) is 0 Å². The molecule has 230 valence electrons. The van der Waals surface area contributed by atoms with E-state index in [4.69, 9.17) is 4.74 Å². The fourth-order valence-electron chi connectivity index (χ4n) is 6.99. The first-order valence-corrected chi connectivity index (χ1v) is 13.5. The minimum absolute atomic E-state index is 0.0116. The van der Waals surface area contributed by atoms with Crippen molar-refractivity contribution in [1.29, 1.82) is 0 Å². The highest BCUT2D eigenvalue weighted by molar-refractivity contribution is 6.24. The number of carboxylic acid groups (broad SMARTS) is 1. The molecule has 4 atom stereocenters. The number of phenolic OH excluding ortho intramolecular Hbond substituents is 4. The van der Waals surface area contributed by atoms with Crippen molar-refractivity contribution >= 4 is 29.3 Å². The lowest BCUT2D eigenvalue weighted by molar-refractivity contribution is -0.172. The van der Waals surface area contributed by atoms with E-state index in [1.807, 2.05) is 0 Å². The van der Waals surface area contributed by atoms with E-state index in [1.165, 1.54) is 24.3 Å². The van der Waals surface area contributed by atoms with E-state index in [-0.39, 0.29) is 16.7 Å². The molecule has 0 aromatic heterocycles. The van der Waals surface area contributed by atoms with Crippen LogP contribution in [0.3, 0.4) is 0 Å².